The molecule has 0 aromatic heterocycles. The zero-order valence-corrected chi connectivity index (χ0v) is 19.2. The number of nitrogens with one attached hydrogen (secondary N) is 1. The van der Waals surface area contributed by atoms with E-state index in [2.05, 4.69) is 16.3 Å². The third-order valence-corrected chi connectivity index (χ3v) is 6.31. The summed E-state index contributed by atoms with van der Waals surface area (Å²) < 4.78 is 11.7. The molecule has 0 saturated carbocycles. The van der Waals surface area contributed by atoms with Crippen LogP contribution in [0.4, 0.5) is 16.2 Å². The summed E-state index contributed by atoms with van der Waals surface area (Å²) in [6.45, 7) is 11.1. The van der Waals surface area contributed by atoms with Crippen LogP contribution in [0.1, 0.15) is 46.1 Å². The van der Waals surface area contributed by atoms with Gasteiger partial charge in [0.05, 0.1) is 18.0 Å². The molecular weight excluding hydrogens is 396 g/mol. The van der Waals surface area contributed by atoms with E-state index in [1.54, 1.807) is 0 Å². The van der Waals surface area contributed by atoms with Crippen molar-refractivity contribution in [2.75, 3.05) is 43.5 Å². The van der Waals surface area contributed by atoms with Gasteiger partial charge in [0.1, 0.15) is 17.4 Å². The molecule has 1 N–H and O–H groups in total. The summed E-state index contributed by atoms with van der Waals surface area (Å²) in [6, 6.07) is 4.16. The zero-order valence-electron chi connectivity index (χ0n) is 19.2. The predicted molar refractivity (Wildman–Crippen MR) is 120 cm³/mol. The van der Waals surface area contributed by atoms with Crippen LogP contribution in [0.3, 0.4) is 0 Å². The van der Waals surface area contributed by atoms with Gasteiger partial charge in [0.15, 0.2) is 0 Å². The van der Waals surface area contributed by atoms with E-state index in [9.17, 15) is 9.59 Å². The van der Waals surface area contributed by atoms with Gasteiger partial charge in [0, 0.05) is 50.9 Å². The summed E-state index contributed by atoms with van der Waals surface area (Å²) >= 11 is 0. The number of anilines is 2. The Hall–Kier alpha value is -2.48. The second-order valence-electron chi connectivity index (χ2n) is 9.69. The van der Waals surface area contributed by atoms with Gasteiger partial charge in [-0.1, -0.05) is 6.92 Å². The SMILES string of the molecule is CCC1C(=O)Nc2cc3c(cc2N1C)OCC[C@H]1CN(C(=O)OC(C)(C)C)CCN1C3. The molecule has 3 aliphatic heterocycles. The fraction of sp³-hybridized carbons (Fsp3) is 0.652. The Labute approximate surface area is 184 Å². The molecule has 1 unspecified atom stereocenters. The molecule has 1 aromatic rings. The number of carbonyl (C=O) groups excluding carboxylic acids is 2. The van der Waals surface area contributed by atoms with Crippen molar-refractivity contribution in [2.45, 2.75) is 64.8 Å². The number of hydrogen-bond donors (Lipinski definition) is 1. The van der Waals surface area contributed by atoms with Gasteiger partial charge >= 0.3 is 6.09 Å². The Morgan fingerprint density at radius 3 is 2.77 bits per heavy atom. The number of hydrogen-bond acceptors (Lipinski definition) is 6. The van der Waals surface area contributed by atoms with Crippen LogP contribution in [0.25, 0.3) is 0 Å². The second kappa shape index (κ2) is 8.22. The molecule has 0 bridgehead atoms. The number of piperazine rings is 1. The standard InChI is InChI=1S/C23H34N4O4/c1-6-18-21(28)24-17-11-15-13-26-8-9-27(22(29)31-23(2,3)4)14-16(26)7-10-30-20(15)12-19(17)25(18)5/h11-12,16,18H,6-10,13-14H2,1-5H3,(H,24,28)/t16-,18?/m0/s1. The van der Waals surface area contributed by atoms with Crippen molar-refractivity contribution in [3.05, 3.63) is 17.7 Å². The summed E-state index contributed by atoms with van der Waals surface area (Å²) in [6.07, 6.45) is 1.35. The van der Waals surface area contributed by atoms with E-state index in [0.717, 1.165) is 48.6 Å². The third-order valence-electron chi connectivity index (χ3n) is 6.31. The van der Waals surface area contributed by atoms with E-state index in [-0.39, 0.29) is 24.1 Å². The number of likely N-dealkylation sites (N-methyl/N-ethyl adjacent to an activating group) is 1. The number of fused-ring (bicyclic) bond motifs is 3. The third kappa shape index (κ3) is 4.44. The largest absolute Gasteiger partial charge is 0.493 e. The molecule has 1 saturated heterocycles. The first kappa shape index (κ1) is 21.7. The topological polar surface area (TPSA) is 74.4 Å². The van der Waals surface area contributed by atoms with E-state index in [4.69, 9.17) is 9.47 Å². The van der Waals surface area contributed by atoms with Crippen LogP contribution in [0.15, 0.2) is 12.1 Å². The van der Waals surface area contributed by atoms with Crippen LogP contribution in [0.2, 0.25) is 0 Å². The summed E-state index contributed by atoms with van der Waals surface area (Å²) in [5, 5.41) is 3.07. The Morgan fingerprint density at radius 2 is 2.06 bits per heavy atom. The van der Waals surface area contributed by atoms with E-state index >= 15 is 0 Å². The maximum atomic E-state index is 12.5. The lowest BCUT2D eigenvalue weighted by Gasteiger charge is -2.43. The number of nitrogens with zero attached hydrogens (tertiary/aromatic N) is 3. The van der Waals surface area contributed by atoms with Crippen LogP contribution in [-0.2, 0) is 16.1 Å². The van der Waals surface area contributed by atoms with Gasteiger partial charge < -0.3 is 24.6 Å². The quantitative estimate of drug-likeness (QED) is 0.738. The van der Waals surface area contributed by atoms with Crippen molar-refractivity contribution >= 4 is 23.4 Å². The predicted octanol–water partition coefficient (Wildman–Crippen LogP) is 3.06. The van der Waals surface area contributed by atoms with Crippen molar-refractivity contribution in [1.29, 1.82) is 0 Å². The monoisotopic (exact) mass is 430 g/mol. The van der Waals surface area contributed by atoms with Gasteiger partial charge in [-0.15, -0.1) is 0 Å². The van der Waals surface area contributed by atoms with E-state index < -0.39 is 5.60 Å². The number of carbonyl (C=O) groups is 2. The summed E-state index contributed by atoms with van der Waals surface area (Å²) in [4.78, 5) is 31.3. The van der Waals surface area contributed by atoms with Gasteiger partial charge in [-0.2, -0.15) is 0 Å². The first-order valence-corrected chi connectivity index (χ1v) is 11.2. The Morgan fingerprint density at radius 1 is 1.29 bits per heavy atom. The molecule has 3 heterocycles. The molecule has 170 valence electrons. The minimum Gasteiger partial charge on any atom is -0.493 e. The van der Waals surface area contributed by atoms with Crippen molar-refractivity contribution < 1.29 is 19.1 Å². The Balaban J connectivity index is 1.52. The van der Waals surface area contributed by atoms with Gasteiger partial charge in [-0.05, 0) is 39.7 Å². The van der Waals surface area contributed by atoms with Gasteiger partial charge in [-0.25, -0.2) is 4.79 Å². The molecule has 0 aliphatic carbocycles. The number of ether oxygens (including phenoxy) is 2. The lowest BCUT2D eigenvalue weighted by molar-refractivity contribution is -0.117. The van der Waals surface area contributed by atoms with Crippen LogP contribution in [0, 0.1) is 0 Å². The summed E-state index contributed by atoms with van der Waals surface area (Å²) in [7, 11) is 1.97. The molecule has 1 fully saturated rings. The maximum absolute atomic E-state index is 12.5. The normalized spacial score (nSPS) is 24.1. The van der Waals surface area contributed by atoms with Crippen molar-refractivity contribution in [2.24, 2.45) is 0 Å². The number of amides is 2. The van der Waals surface area contributed by atoms with Crippen molar-refractivity contribution in [3.63, 3.8) is 0 Å². The van der Waals surface area contributed by atoms with Gasteiger partial charge in [0.2, 0.25) is 5.91 Å². The molecule has 8 nitrogen and oxygen atoms in total. The van der Waals surface area contributed by atoms with Crippen molar-refractivity contribution in [3.8, 4) is 5.75 Å². The van der Waals surface area contributed by atoms with Crippen LogP contribution < -0.4 is 15.0 Å². The minimum absolute atomic E-state index is 0.0352. The minimum atomic E-state index is -0.495. The molecule has 1 aromatic carbocycles. The first-order valence-electron chi connectivity index (χ1n) is 11.2. The number of rotatable bonds is 1. The highest BCUT2D eigenvalue weighted by Gasteiger charge is 2.35. The molecule has 0 spiro atoms. The number of benzene rings is 1. The molecule has 2 amide bonds. The molecule has 31 heavy (non-hydrogen) atoms. The highest BCUT2D eigenvalue weighted by Crippen LogP contribution is 2.39. The van der Waals surface area contributed by atoms with Crippen LogP contribution in [-0.4, -0.2) is 72.8 Å². The fourth-order valence-electron chi connectivity index (χ4n) is 4.67. The average Bonchev–Trinajstić information content (AvgIpc) is 2.67. The second-order valence-corrected chi connectivity index (χ2v) is 9.69. The fourth-order valence-corrected chi connectivity index (χ4v) is 4.67. The maximum Gasteiger partial charge on any atom is 0.410 e. The Kier molecular flexibility index (Phi) is 5.77. The Bertz CT molecular complexity index is 866. The molecule has 0 radical (unpaired) electrons. The van der Waals surface area contributed by atoms with E-state index in [1.165, 1.54) is 0 Å². The molecule has 8 heteroatoms. The van der Waals surface area contributed by atoms with E-state index in [1.807, 2.05) is 50.6 Å². The highest BCUT2D eigenvalue weighted by atomic mass is 16.6. The zero-order chi connectivity index (χ0) is 22.3. The highest BCUT2D eigenvalue weighted by molar-refractivity contribution is 6.03. The molecular formula is C23H34N4O4. The van der Waals surface area contributed by atoms with Crippen molar-refractivity contribution in [1.82, 2.24) is 9.80 Å². The molecule has 2 atom stereocenters. The smallest absolute Gasteiger partial charge is 0.410 e. The molecule has 4 rings (SSSR count). The lowest BCUT2D eigenvalue weighted by atomic mass is 10.0. The summed E-state index contributed by atoms with van der Waals surface area (Å²) in [5.41, 5.74) is 2.41. The summed E-state index contributed by atoms with van der Waals surface area (Å²) in [5.74, 6) is 0.915. The average molecular weight is 431 g/mol. The van der Waals surface area contributed by atoms with Gasteiger partial charge in [-0.3, -0.25) is 9.69 Å². The lowest BCUT2D eigenvalue weighted by Crippen LogP contribution is -2.55. The van der Waals surface area contributed by atoms with Crippen LogP contribution >= 0.6 is 0 Å². The van der Waals surface area contributed by atoms with Crippen LogP contribution in [0.5, 0.6) is 5.75 Å². The van der Waals surface area contributed by atoms with Gasteiger partial charge in [0.25, 0.3) is 0 Å². The first-order chi connectivity index (χ1) is 14.7. The van der Waals surface area contributed by atoms with E-state index in [0.29, 0.717) is 19.7 Å². The molecule has 3 aliphatic rings.